The topological polar surface area (TPSA) is 41.4 Å². The molecule has 0 radical (unpaired) electrons. The second-order valence-electron chi connectivity index (χ2n) is 7.72. The molecule has 156 valence electrons. The molecule has 0 N–H and O–H groups in total. The summed E-state index contributed by atoms with van der Waals surface area (Å²) in [5, 5.41) is 0. The number of halogens is 2. The van der Waals surface area contributed by atoms with E-state index in [1.165, 1.54) is 34.0 Å². The molecular weight excluding hydrogens is 406 g/mol. The second kappa shape index (κ2) is 7.92. The minimum absolute atomic E-state index is 0.0700. The second-order valence-corrected chi connectivity index (χ2v) is 8.77. The summed E-state index contributed by atoms with van der Waals surface area (Å²) in [5.74, 6) is 0.426. The average molecular weight is 429 g/mol. The molecule has 0 atom stereocenters. The number of piperazine rings is 1. The number of benzene rings is 1. The molecule has 0 saturated carbocycles. The molecule has 1 fully saturated rings. The van der Waals surface area contributed by atoms with E-state index in [0.717, 1.165) is 22.3 Å². The lowest BCUT2D eigenvalue weighted by atomic mass is 9.91. The Morgan fingerprint density at radius 2 is 1.87 bits per heavy atom. The molecule has 1 saturated heterocycles. The van der Waals surface area contributed by atoms with Gasteiger partial charge in [0.1, 0.15) is 5.82 Å². The van der Waals surface area contributed by atoms with Crippen LogP contribution in [0.25, 0.3) is 10.4 Å². The summed E-state index contributed by atoms with van der Waals surface area (Å²) in [4.78, 5) is 23.1. The summed E-state index contributed by atoms with van der Waals surface area (Å²) in [6.07, 6.45) is 4.69. The first-order chi connectivity index (χ1) is 14.6. The molecule has 2 aromatic heterocycles. The summed E-state index contributed by atoms with van der Waals surface area (Å²) in [6, 6.07) is 10.5. The predicted molar refractivity (Wildman–Crippen MR) is 112 cm³/mol. The number of hydrogen-bond acceptors (Lipinski definition) is 4. The first kappa shape index (κ1) is 19.4. The molecule has 5 rings (SSSR count). The van der Waals surface area contributed by atoms with Crippen molar-refractivity contribution in [3.05, 3.63) is 64.6 Å². The van der Waals surface area contributed by atoms with Crippen molar-refractivity contribution < 1.29 is 13.6 Å². The molecular formula is C22H22F2N4OS. The predicted octanol–water partition coefficient (Wildman–Crippen LogP) is 4.06. The van der Waals surface area contributed by atoms with Crippen molar-refractivity contribution in [1.29, 1.82) is 0 Å². The number of amides is 1. The summed E-state index contributed by atoms with van der Waals surface area (Å²) >= 11 is 1.59. The Kier molecular flexibility index (Phi) is 5.12. The van der Waals surface area contributed by atoms with Crippen LogP contribution < -0.4 is 0 Å². The molecule has 2 aliphatic rings. The van der Waals surface area contributed by atoms with Gasteiger partial charge < -0.3 is 4.90 Å². The van der Waals surface area contributed by atoms with Gasteiger partial charge in [-0.2, -0.15) is 8.78 Å². The zero-order valence-electron chi connectivity index (χ0n) is 16.4. The lowest BCUT2D eigenvalue weighted by Crippen LogP contribution is -2.48. The molecule has 8 heteroatoms. The molecule has 1 aromatic carbocycles. The zero-order chi connectivity index (χ0) is 20.7. The van der Waals surface area contributed by atoms with E-state index in [2.05, 4.69) is 34.1 Å². The van der Waals surface area contributed by atoms with Gasteiger partial charge in [-0.05, 0) is 35.6 Å². The van der Waals surface area contributed by atoms with E-state index < -0.39 is 6.55 Å². The monoisotopic (exact) mass is 428 g/mol. The fourth-order valence-electron chi connectivity index (χ4n) is 4.29. The lowest BCUT2D eigenvalue weighted by Gasteiger charge is -2.34. The number of carbonyl (C=O) groups excluding carboxylic acids is 1. The molecule has 1 aliphatic carbocycles. The molecule has 30 heavy (non-hydrogen) atoms. The minimum atomic E-state index is -2.58. The maximum absolute atomic E-state index is 13.1. The van der Waals surface area contributed by atoms with Crippen LogP contribution in [0.4, 0.5) is 8.78 Å². The molecule has 3 heterocycles. The Morgan fingerprint density at radius 3 is 2.67 bits per heavy atom. The number of nitrogens with zero attached hydrogens (tertiary/aromatic N) is 4. The standard InChI is InChI=1S/C22H22F2N4OS/c23-22(24)28-8-7-25-19(28)14-26-9-11-27(12-10-26)21(29)18-13-16-6-5-15-3-1-2-4-17(15)20(16)30-18/h1-4,7-8,13,22H,5-6,9-12,14H2. The van der Waals surface area contributed by atoms with E-state index in [-0.39, 0.29) is 5.91 Å². The van der Waals surface area contributed by atoms with Gasteiger partial charge in [0.15, 0.2) is 0 Å². The van der Waals surface area contributed by atoms with Crippen LogP contribution in [-0.4, -0.2) is 51.4 Å². The van der Waals surface area contributed by atoms with Gasteiger partial charge in [0, 0.05) is 43.4 Å². The number of alkyl halides is 2. The number of hydrogen-bond donors (Lipinski definition) is 0. The highest BCUT2D eigenvalue weighted by molar-refractivity contribution is 7.17. The maximum Gasteiger partial charge on any atom is 0.319 e. The van der Waals surface area contributed by atoms with Crippen molar-refractivity contribution in [2.45, 2.75) is 25.9 Å². The highest BCUT2D eigenvalue weighted by Gasteiger charge is 2.27. The number of rotatable bonds is 4. The Morgan fingerprint density at radius 1 is 1.10 bits per heavy atom. The average Bonchev–Trinajstić information content (AvgIpc) is 3.41. The van der Waals surface area contributed by atoms with Crippen LogP contribution >= 0.6 is 11.3 Å². The van der Waals surface area contributed by atoms with Crippen molar-refractivity contribution in [2.24, 2.45) is 0 Å². The van der Waals surface area contributed by atoms with Crippen LogP contribution in [-0.2, 0) is 19.4 Å². The third kappa shape index (κ3) is 3.54. The van der Waals surface area contributed by atoms with E-state index in [1.807, 2.05) is 11.0 Å². The Bertz CT molecular complexity index is 1070. The fraction of sp³-hybridized carbons (Fsp3) is 0.364. The number of carbonyl (C=O) groups is 1. The molecule has 1 amide bonds. The van der Waals surface area contributed by atoms with Crippen LogP contribution in [0.1, 0.15) is 33.2 Å². The summed E-state index contributed by atoms with van der Waals surface area (Å²) in [7, 11) is 0. The van der Waals surface area contributed by atoms with Crippen LogP contribution in [0.5, 0.6) is 0 Å². The van der Waals surface area contributed by atoms with Gasteiger partial charge in [-0.1, -0.05) is 24.3 Å². The third-order valence-electron chi connectivity index (χ3n) is 5.93. The van der Waals surface area contributed by atoms with Gasteiger partial charge in [-0.15, -0.1) is 11.3 Å². The summed E-state index contributed by atoms with van der Waals surface area (Å²) < 4.78 is 26.9. The van der Waals surface area contributed by atoms with Gasteiger partial charge in [-0.3, -0.25) is 14.3 Å². The minimum Gasteiger partial charge on any atom is -0.335 e. The first-order valence-corrected chi connectivity index (χ1v) is 10.9. The van der Waals surface area contributed by atoms with E-state index in [4.69, 9.17) is 0 Å². The van der Waals surface area contributed by atoms with Gasteiger partial charge in [0.2, 0.25) is 0 Å². The Labute approximate surface area is 177 Å². The van der Waals surface area contributed by atoms with Crippen LogP contribution in [0, 0.1) is 0 Å². The van der Waals surface area contributed by atoms with E-state index in [9.17, 15) is 13.6 Å². The van der Waals surface area contributed by atoms with E-state index in [1.54, 1.807) is 11.3 Å². The van der Waals surface area contributed by atoms with E-state index >= 15 is 0 Å². The normalized spacial score (nSPS) is 16.6. The zero-order valence-corrected chi connectivity index (χ0v) is 17.2. The van der Waals surface area contributed by atoms with Crippen molar-refractivity contribution in [1.82, 2.24) is 19.4 Å². The van der Waals surface area contributed by atoms with Crippen LogP contribution in [0.3, 0.4) is 0 Å². The van der Waals surface area contributed by atoms with Crippen LogP contribution in [0.2, 0.25) is 0 Å². The quantitative estimate of drug-likeness (QED) is 0.629. The molecule has 1 aliphatic heterocycles. The number of aromatic nitrogens is 2. The number of aryl methyl sites for hydroxylation is 2. The lowest BCUT2D eigenvalue weighted by molar-refractivity contribution is 0.0558. The smallest absolute Gasteiger partial charge is 0.319 e. The molecule has 3 aromatic rings. The first-order valence-electron chi connectivity index (χ1n) is 10.1. The largest absolute Gasteiger partial charge is 0.335 e. The van der Waals surface area contributed by atoms with Gasteiger partial charge in [0.05, 0.1) is 11.4 Å². The number of thiophene rings is 1. The highest BCUT2D eigenvalue weighted by Crippen LogP contribution is 2.39. The molecule has 0 spiro atoms. The van der Waals surface area contributed by atoms with Gasteiger partial charge in [0.25, 0.3) is 5.91 Å². The van der Waals surface area contributed by atoms with Crippen LogP contribution in [0.15, 0.2) is 42.7 Å². The van der Waals surface area contributed by atoms with Crippen molar-refractivity contribution >= 4 is 17.2 Å². The summed E-state index contributed by atoms with van der Waals surface area (Å²) in [6.45, 7) is 0.260. The van der Waals surface area contributed by atoms with Gasteiger partial charge in [-0.25, -0.2) is 4.98 Å². The van der Waals surface area contributed by atoms with Crippen molar-refractivity contribution in [3.63, 3.8) is 0 Å². The SMILES string of the molecule is O=C(c1cc2c(s1)-c1ccccc1CC2)N1CCN(Cc2nccn2C(F)F)CC1. The molecule has 0 unspecified atom stereocenters. The molecule has 0 bridgehead atoms. The Hall–Kier alpha value is -2.58. The Balaban J connectivity index is 1.25. The van der Waals surface area contributed by atoms with E-state index in [0.29, 0.717) is 38.5 Å². The van der Waals surface area contributed by atoms with Gasteiger partial charge >= 0.3 is 6.55 Å². The third-order valence-corrected chi connectivity index (χ3v) is 7.13. The maximum atomic E-state index is 13.1. The number of fused-ring (bicyclic) bond motifs is 3. The summed E-state index contributed by atoms with van der Waals surface area (Å²) in [5.41, 5.74) is 3.86. The highest BCUT2D eigenvalue weighted by atomic mass is 32.1. The van der Waals surface area contributed by atoms with Crippen molar-refractivity contribution in [2.75, 3.05) is 26.2 Å². The van der Waals surface area contributed by atoms with Crippen molar-refractivity contribution in [3.8, 4) is 10.4 Å². The fourth-order valence-corrected chi connectivity index (χ4v) is 5.52. The molecule has 5 nitrogen and oxygen atoms in total. The number of imidazole rings is 1.